The third-order valence-electron chi connectivity index (χ3n) is 2.47. The molecule has 0 aliphatic heterocycles. The van der Waals surface area contributed by atoms with E-state index < -0.39 is 49.3 Å². The molecule has 0 rings (SSSR count). The normalized spacial score (nSPS) is 23.6. The van der Waals surface area contributed by atoms with Crippen LogP contribution < -0.4 is 0 Å². The van der Waals surface area contributed by atoms with Gasteiger partial charge < -0.3 is 45.6 Å². The number of aliphatic hydroxyl groups is 8. The Kier molecular flexibility index (Phi) is 7.43. The molecule has 0 fully saturated rings. The van der Waals surface area contributed by atoms with Gasteiger partial charge >= 0.3 is 0 Å². The lowest BCUT2D eigenvalue weighted by Gasteiger charge is -2.31. The summed E-state index contributed by atoms with van der Waals surface area (Å²) in [7, 11) is 0. The van der Waals surface area contributed by atoms with Crippen LogP contribution in [0.25, 0.3) is 0 Å². The number of rotatable bonds is 8. The van der Waals surface area contributed by atoms with Gasteiger partial charge in [0.25, 0.3) is 0 Å². The van der Waals surface area contributed by atoms with Gasteiger partial charge in [0, 0.05) is 0 Å². The van der Waals surface area contributed by atoms with E-state index in [1.165, 1.54) is 0 Å². The molecule has 7 unspecified atom stereocenters. The molecule has 8 N–H and O–H groups in total. The average molecular weight is 270 g/mol. The summed E-state index contributed by atoms with van der Waals surface area (Å²) in [5.41, 5.74) is 0. The van der Waals surface area contributed by atoms with Crippen LogP contribution in [0, 0.1) is 0 Å². The second-order valence-electron chi connectivity index (χ2n) is 3.83. The van der Waals surface area contributed by atoms with E-state index in [2.05, 4.69) is 0 Å². The summed E-state index contributed by atoms with van der Waals surface area (Å²) >= 11 is 0. The Balaban J connectivity index is 4.62. The van der Waals surface area contributed by atoms with E-state index in [1.807, 2.05) is 0 Å². The summed E-state index contributed by atoms with van der Waals surface area (Å²) in [5.74, 6) is 0. The predicted octanol–water partition coefficient (Wildman–Crippen LogP) is -5.30. The zero-order valence-electron chi connectivity index (χ0n) is 9.31. The third-order valence-corrected chi connectivity index (χ3v) is 2.47. The summed E-state index contributed by atoms with van der Waals surface area (Å²) in [5, 5.41) is 72.9. The highest BCUT2D eigenvalue weighted by Crippen LogP contribution is 2.12. The van der Waals surface area contributed by atoms with Crippen LogP contribution in [0.2, 0.25) is 0 Å². The molecule has 0 aliphatic carbocycles. The number of aliphatic hydroxyl groups excluding tert-OH is 8. The second-order valence-corrected chi connectivity index (χ2v) is 3.83. The van der Waals surface area contributed by atoms with Crippen molar-refractivity contribution < 1.29 is 45.6 Å². The Labute approximate surface area is 102 Å². The van der Waals surface area contributed by atoms with Crippen LogP contribution in [0.3, 0.4) is 0 Å². The second kappa shape index (κ2) is 7.71. The molecule has 0 aromatic carbocycles. The predicted molar refractivity (Wildman–Crippen MR) is 55.2 cm³/mol. The third kappa shape index (κ3) is 4.23. The van der Waals surface area contributed by atoms with E-state index in [-0.39, 0.29) is 6.29 Å². The SMILES string of the molecule is O=CC(O)C(O)C(O)C(O)C(O)C(O)C(O)CO. The fraction of sp³-hybridized carbons (Fsp3) is 0.889. The fourth-order valence-corrected chi connectivity index (χ4v) is 1.22. The topological polar surface area (TPSA) is 179 Å². The standard InChI is InChI=1S/C9H18O9/c10-1-3(12)5(14)7(16)9(18)8(17)6(15)4(13)2-11/h1,3-9,11-18H,2H2. The van der Waals surface area contributed by atoms with Gasteiger partial charge in [0.1, 0.15) is 42.7 Å². The maximum absolute atomic E-state index is 10.1. The molecule has 0 heterocycles. The molecule has 0 saturated carbocycles. The molecule has 0 aliphatic rings. The van der Waals surface area contributed by atoms with E-state index in [0.717, 1.165) is 0 Å². The van der Waals surface area contributed by atoms with E-state index in [9.17, 15) is 30.3 Å². The van der Waals surface area contributed by atoms with Gasteiger partial charge in [0.05, 0.1) is 6.61 Å². The Morgan fingerprint density at radius 2 is 1.11 bits per heavy atom. The molecule has 7 atom stereocenters. The van der Waals surface area contributed by atoms with Crippen molar-refractivity contribution in [1.82, 2.24) is 0 Å². The Bertz CT molecular complexity index is 248. The van der Waals surface area contributed by atoms with Gasteiger partial charge in [-0.2, -0.15) is 0 Å². The minimum Gasteiger partial charge on any atom is -0.394 e. The van der Waals surface area contributed by atoms with Crippen molar-refractivity contribution in [2.75, 3.05) is 6.61 Å². The summed E-state index contributed by atoms with van der Waals surface area (Å²) in [4.78, 5) is 10.1. The molecular formula is C9H18O9. The first-order chi connectivity index (χ1) is 8.27. The molecular weight excluding hydrogens is 252 g/mol. The number of hydrogen-bond donors (Lipinski definition) is 8. The maximum Gasteiger partial charge on any atom is 0.151 e. The molecule has 0 saturated heterocycles. The first kappa shape index (κ1) is 17.4. The van der Waals surface area contributed by atoms with Gasteiger partial charge in [-0.15, -0.1) is 0 Å². The molecule has 0 aromatic heterocycles. The number of carbonyl (C=O) groups is 1. The molecule has 0 radical (unpaired) electrons. The smallest absolute Gasteiger partial charge is 0.151 e. The lowest BCUT2D eigenvalue weighted by molar-refractivity contribution is -0.170. The largest absolute Gasteiger partial charge is 0.394 e. The van der Waals surface area contributed by atoms with E-state index >= 15 is 0 Å². The van der Waals surface area contributed by atoms with Crippen molar-refractivity contribution in [3.8, 4) is 0 Å². The van der Waals surface area contributed by atoms with E-state index in [4.69, 9.17) is 15.3 Å². The van der Waals surface area contributed by atoms with Gasteiger partial charge in [-0.1, -0.05) is 0 Å². The summed E-state index contributed by atoms with van der Waals surface area (Å²) in [6, 6.07) is 0. The summed E-state index contributed by atoms with van der Waals surface area (Å²) < 4.78 is 0. The highest BCUT2D eigenvalue weighted by atomic mass is 16.4. The van der Waals surface area contributed by atoms with Gasteiger partial charge in [0.2, 0.25) is 0 Å². The van der Waals surface area contributed by atoms with Crippen LogP contribution in [0.1, 0.15) is 0 Å². The average Bonchev–Trinajstić information content (AvgIpc) is 2.40. The Morgan fingerprint density at radius 3 is 1.50 bits per heavy atom. The maximum atomic E-state index is 10.1. The number of carbonyl (C=O) groups excluding carboxylic acids is 1. The van der Waals surface area contributed by atoms with Gasteiger partial charge in [-0.25, -0.2) is 0 Å². The van der Waals surface area contributed by atoms with Crippen LogP contribution in [0.15, 0.2) is 0 Å². The fourth-order valence-electron chi connectivity index (χ4n) is 1.22. The first-order valence-corrected chi connectivity index (χ1v) is 5.10. The van der Waals surface area contributed by atoms with Crippen molar-refractivity contribution in [2.45, 2.75) is 42.7 Å². The van der Waals surface area contributed by atoms with Gasteiger partial charge in [0.15, 0.2) is 6.29 Å². The molecule has 108 valence electrons. The summed E-state index contributed by atoms with van der Waals surface area (Å²) in [6.07, 6.45) is -14.3. The zero-order chi connectivity index (χ0) is 14.5. The Morgan fingerprint density at radius 1 is 0.722 bits per heavy atom. The van der Waals surface area contributed by atoms with Crippen LogP contribution >= 0.6 is 0 Å². The number of hydrogen-bond acceptors (Lipinski definition) is 9. The molecule has 0 bridgehead atoms. The first-order valence-electron chi connectivity index (χ1n) is 5.10. The quantitative estimate of drug-likeness (QED) is 0.200. The molecule has 9 nitrogen and oxygen atoms in total. The highest BCUT2D eigenvalue weighted by Gasteiger charge is 2.38. The van der Waals surface area contributed by atoms with Crippen LogP contribution in [-0.2, 0) is 4.79 Å². The lowest BCUT2D eigenvalue weighted by atomic mass is 9.95. The molecule has 0 spiro atoms. The molecule has 18 heavy (non-hydrogen) atoms. The minimum atomic E-state index is -2.15. The minimum absolute atomic E-state index is 0.0913. The van der Waals surface area contributed by atoms with Crippen molar-refractivity contribution in [3.05, 3.63) is 0 Å². The molecule has 0 aromatic rings. The monoisotopic (exact) mass is 270 g/mol. The van der Waals surface area contributed by atoms with E-state index in [0.29, 0.717) is 0 Å². The van der Waals surface area contributed by atoms with Gasteiger partial charge in [-0.3, -0.25) is 0 Å². The van der Waals surface area contributed by atoms with Crippen LogP contribution in [0.4, 0.5) is 0 Å². The summed E-state index contributed by atoms with van der Waals surface area (Å²) in [6.45, 7) is -0.902. The van der Waals surface area contributed by atoms with Crippen molar-refractivity contribution in [3.63, 3.8) is 0 Å². The van der Waals surface area contributed by atoms with E-state index in [1.54, 1.807) is 0 Å². The number of aldehydes is 1. The van der Waals surface area contributed by atoms with Crippen molar-refractivity contribution in [1.29, 1.82) is 0 Å². The van der Waals surface area contributed by atoms with Crippen molar-refractivity contribution >= 4 is 6.29 Å². The zero-order valence-corrected chi connectivity index (χ0v) is 9.31. The molecule has 0 amide bonds. The van der Waals surface area contributed by atoms with Crippen LogP contribution in [0.5, 0.6) is 0 Å². The van der Waals surface area contributed by atoms with Gasteiger partial charge in [-0.05, 0) is 0 Å². The Hall–Kier alpha value is -0.650. The highest BCUT2D eigenvalue weighted by molar-refractivity contribution is 5.56. The van der Waals surface area contributed by atoms with Crippen molar-refractivity contribution in [2.24, 2.45) is 0 Å². The van der Waals surface area contributed by atoms with Crippen LogP contribution in [-0.4, -0.2) is 96.5 Å². The molecule has 9 heteroatoms. The lowest BCUT2D eigenvalue weighted by Crippen LogP contribution is -2.55.